The van der Waals surface area contributed by atoms with Crippen LogP contribution in [0.5, 0.6) is 11.5 Å². The molecule has 0 amide bonds. The maximum absolute atomic E-state index is 10.8. The molecule has 0 bridgehead atoms. The summed E-state index contributed by atoms with van der Waals surface area (Å²) in [6.07, 6.45) is 1.29. The number of hydrogen-bond acceptors (Lipinski definition) is 4. The Hall–Kier alpha value is -1.75. The molecule has 1 aliphatic rings. The topological polar surface area (TPSA) is 81.0 Å². The maximum Gasteiger partial charge on any atom is 0.306 e. The molecule has 0 saturated carbocycles. The monoisotopic (exact) mass is 251 g/mol. The largest absolute Gasteiger partial charge is 0.508 e. The van der Waals surface area contributed by atoms with Crippen molar-refractivity contribution in [2.24, 2.45) is 5.92 Å². The maximum atomic E-state index is 10.8. The molecule has 1 heterocycles. The van der Waals surface area contributed by atoms with E-state index in [1.54, 1.807) is 12.1 Å². The van der Waals surface area contributed by atoms with Gasteiger partial charge in [-0.1, -0.05) is 6.07 Å². The molecule has 0 unspecified atom stereocenters. The molecule has 0 aromatic heterocycles. The fraction of sp³-hybridized carbons (Fsp3) is 0.462. The highest BCUT2D eigenvalue weighted by Gasteiger charge is 2.24. The quantitative estimate of drug-likeness (QED) is 0.756. The molecule has 2 rings (SSSR count). The van der Waals surface area contributed by atoms with Gasteiger partial charge in [-0.25, -0.2) is 0 Å². The van der Waals surface area contributed by atoms with Crippen LogP contribution in [0, 0.1) is 5.92 Å². The molecule has 1 aromatic rings. The summed E-state index contributed by atoms with van der Waals surface area (Å²) in [5.74, 6) is -0.840. The number of aromatic hydroxyl groups is 2. The van der Waals surface area contributed by atoms with Gasteiger partial charge in [0.2, 0.25) is 0 Å². The summed E-state index contributed by atoms with van der Waals surface area (Å²) in [6, 6.07) is 4.55. The van der Waals surface area contributed by atoms with Crippen LogP contribution in [0.4, 0.5) is 0 Å². The molecule has 0 aliphatic carbocycles. The lowest BCUT2D eigenvalue weighted by atomic mass is 9.97. The fourth-order valence-electron chi connectivity index (χ4n) is 2.26. The number of carbonyl (C=O) groups is 1. The molecular formula is C13H17NO4. The average Bonchev–Trinajstić information content (AvgIpc) is 2.33. The number of aliphatic carboxylic acids is 1. The SMILES string of the molecule is O=C(O)C1CCN(Cc2ccc(O)cc2O)CC1. The predicted octanol–water partition coefficient (Wildman–Crippen LogP) is 1.39. The van der Waals surface area contributed by atoms with Crippen LogP contribution in [0.3, 0.4) is 0 Å². The summed E-state index contributed by atoms with van der Waals surface area (Å²) >= 11 is 0. The van der Waals surface area contributed by atoms with E-state index in [2.05, 4.69) is 4.90 Å². The van der Waals surface area contributed by atoms with Crippen molar-refractivity contribution in [1.29, 1.82) is 0 Å². The van der Waals surface area contributed by atoms with E-state index in [1.807, 2.05) is 0 Å². The van der Waals surface area contributed by atoms with Crippen molar-refractivity contribution < 1.29 is 20.1 Å². The lowest BCUT2D eigenvalue weighted by Crippen LogP contribution is -2.35. The summed E-state index contributed by atoms with van der Waals surface area (Å²) in [5.41, 5.74) is 0.751. The van der Waals surface area contributed by atoms with Crippen LogP contribution in [-0.2, 0) is 11.3 Å². The van der Waals surface area contributed by atoms with Crippen molar-refractivity contribution in [3.05, 3.63) is 23.8 Å². The molecule has 0 atom stereocenters. The number of piperidine rings is 1. The zero-order chi connectivity index (χ0) is 13.1. The van der Waals surface area contributed by atoms with Crippen LogP contribution >= 0.6 is 0 Å². The molecule has 0 spiro atoms. The first-order valence-corrected chi connectivity index (χ1v) is 6.02. The van der Waals surface area contributed by atoms with Crippen LogP contribution in [-0.4, -0.2) is 39.3 Å². The van der Waals surface area contributed by atoms with Crippen LogP contribution < -0.4 is 0 Å². The Bertz CT molecular complexity index is 439. The van der Waals surface area contributed by atoms with Crippen LogP contribution in [0.2, 0.25) is 0 Å². The zero-order valence-corrected chi connectivity index (χ0v) is 10.0. The smallest absolute Gasteiger partial charge is 0.306 e. The van der Waals surface area contributed by atoms with Gasteiger partial charge in [-0.15, -0.1) is 0 Å². The van der Waals surface area contributed by atoms with E-state index in [1.165, 1.54) is 6.07 Å². The standard InChI is InChI=1S/C13H17NO4/c15-11-2-1-10(12(16)7-11)8-14-5-3-9(4-6-14)13(17)18/h1-2,7,9,15-16H,3-6,8H2,(H,17,18). The molecule has 1 fully saturated rings. The van der Waals surface area contributed by atoms with Crippen LogP contribution in [0.25, 0.3) is 0 Å². The number of phenolic OH excluding ortho intramolecular Hbond substituents is 2. The molecule has 5 heteroatoms. The minimum absolute atomic E-state index is 0.0424. The van der Waals surface area contributed by atoms with Gasteiger partial charge in [-0.2, -0.15) is 0 Å². The molecule has 98 valence electrons. The number of hydrogen-bond donors (Lipinski definition) is 3. The van der Waals surface area contributed by atoms with Crippen molar-refractivity contribution in [3.63, 3.8) is 0 Å². The Morgan fingerprint density at radius 1 is 1.28 bits per heavy atom. The summed E-state index contributed by atoms with van der Waals surface area (Å²) in [6.45, 7) is 2.02. The van der Waals surface area contributed by atoms with E-state index in [9.17, 15) is 15.0 Å². The normalized spacial score (nSPS) is 17.8. The number of likely N-dealkylation sites (tertiary alicyclic amines) is 1. The number of rotatable bonds is 3. The molecule has 0 radical (unpaired) electrons. The van der Waals surface area contributed by atoms with Gasteiger partial charge in [-0.05, 0) is 32.0 Å². The van der Waals surface area contributed by atoms with Gasteiger partial charge in [0.1, 0.15) is 11.5 Å². The number of carboxylic acid groups (broad SMARTS) is 1. The summed E-state index contributed by atoms with van der Waals surface area (Å²) in [5, 5.41) is 27.8. The number of carboxylic acids is 1. The molecule has 1 aromatic carbocycles. The first-order chi connectivity index (χ1) is 8.56. The third-order valence-corrected chi connectivity index (χ3v) is 3.40. The third kappa shape index (κ3) is 2.92. The number of phenols is 2. The minimum Gasteiger partial charge on any atom is -0.508 e. The molecule has 1 aliphatic heterocycles. The molecule has 18 heavy (non-hydrogen) atoms. The molecular weight excluding hydrogens is 234 g/mol. The third-order valence-electron chi connectivity index (χ3n) is 3.40. The van der Waals surface area contributed by atoms with Crippen molar-refractivity contribution in [3.8, 4) is 11.5 Å². The van der Waals surface area contributed by atoms with E-state index in [4.69, 9.17) is 5.11 Å². The van der Waals surface area contributed by atoms with Gasteiger partial charge in [0.15, 0.2) is 0 Å². The van der Waals surface area contributed by atoms with Crippen molar-refractivity contribution in [1.82, 2.24) is 4.90 Å². The Kier molecular flexibility index (Phi) is 3.72. The zero-order valence-electron chi connectivity index (χ0n) is 10.0. The van der Waals surface area contributed by atoms with E-state index in [0.717, 1.165) is 18.7 Å². The van der Waals surface area contributed by atoms with Crippen LogP contribution in [0.15, 0.2) is 18.2 Å². The van der Waals surface area contributed by atoms with Gasteiger partial charge < -0.3 is 15.3 Å². The highest BCUT2D eigenvalue weighted by atomic mass is 16.4. The molecule has 1 saturated heterocycles. The number of nitrogens with zero attached hydrogens (tertiary/aromatic N) is 1. The Morgan fingerprint density at radius 3 is 2.50 bits per heavy atom. The fourth-order valence-corrected chi connectivity index (χ4v) is 2.26. The van der Waals surface area contributed by atoms with Gasteiger partial charge in [0.25, 0.3) is 0 Å². The first kappa shape index (κ1) is 12.7. The number of benzene rings is 1. The lowest BCUT2D eigenvalue weighted by molar-refractivity contribution is -0.143. The second-order valence-electron chi connectivity index (χ2n) is 4.70. The Balaban J connectivity index is 1.93. The van der Waals surface area contributed by atoms with Crippen molar-refractivity contribution in [2.75, 3.05) is 13.1 Å². The van der Waals surface area contributed by atoms with Crippen LogP contribution in [0.1, 0.15) is 18.4 Å². The molecule has 5 nitrogen and oxygen atoms in total. The summed E-state index contributed by atoms with van der Waals surface area (Å²) < 4.78 is 0. The van der Waals surface area contributed by atoms with Gasteiger partial charge >= 0.3 is 5.97 Å². The Labute approximate surface area is 105 Å². The van der Waals surface area contributed by atoms with E-state index < -0.39 is 5.97 Å². The Morgan fingerprint density at radius 2 is 1.94 bits per heavy atom. The predicted molar refractivity (Wildman–Crippen MR) is 65.4 cm³/mol. The highest BCUT2D eigenvalue weighted by Crippen LogP contribution is 2.26. The summed E-state index contributed by atoms with van der Waals surface area (Å²) in [4.78, 5) is 12.9. The lowest BCUT2D eigenvalue weighted by Gasteiger charge is -2.30. The highest BCUT2D eigenvalue weighted by molar-refractivity contribution is 5.70. The van der Waals surface area contributed by atoms with Crippen molar-refractivity contribution >= 4 is 5.97 Å². The van der Waals surface area contributed by atoms with E-state index in [-0.39, 0.29) is 17.4 Å². The van der Waals surface area contributed by atoms with Gasteiger partial charge in [-0.3, -0.25) is 9.69 Å². The van der Waals surface area contributed by atoms with E-state index >= 15 is 0 Å². The second-order valence-corrected chi connectivity index (χ2v) is 4.70. The second kappa shape index (κ2) is 5.27. The van der Waals surface area contributed by atoms with Gasteiger partial charge in [0, 0.05) is 18.2 Å². The minimum atomic E-state index is -0.720. The molecule has 3 N–H and O–H groups in total. The van der Waals surface area contributed by atoms with Gasteiger partial charge in [0.05, 0.1) is 5.92 Å². The average molecular weight is 251 g/mol. The van der Waals surface area contributed by atoms with E-state index in [0.29, 0.717) is 19.4 Å². The summed E-state index contributed by atoms with van der Waals surface area (Å²) in [7, 11) is 0. The van der Waals surface area contributed by atoms with Crippen molar-refractivity contribution in [2.45, 2.75) is 19.4 Å². The first-order valence-electron chi connectivity index (χ1n) is 6.02.